The lowest BCUT2D eigenvalue weighted by molar-refractivity contribution is 0.294. The first kappa shape index (κ1) is 9.94. The number of hydrogen-bond acceptors (Lipinski definition) is 3. The molecule has 0 radical (unpaired) electrons. The van der Waals surface area contributed by atoms with Gasteiger partial charge in [-0.25, -0.2) is 0 Å². The van der Waals surface area contributed by atoms with Gasteiger partial charge in [0.2, 0.25) is 0 Å². The Morgan fingerprint density at radius 1 is 1.40 bits per heavy atom. The maximum atomic E-state index is 8.55. The Hall–Kier alpha value is -0.0551. The van der Waals surface area contributed by atoms with Gasteiger partial charge in [-0.15, -0.1) is 0 Å². The van der Waals surface area contributed by atoms with Crippen molar-refractivity contribution in [3.8, 4) is 0 Å². The van der Waals surface area contributed by atoms with Crippen molar-refractivity contribution in [1.29, 1.82) is 0 Å². The highest BCUT2D eigenvalue weighted by atomic mass is 16.4. The second-order valence-electron chi connectivity index (χ2n) is 3.10. The molecule has 0 aromatic carbocycles. The summed E-state index contributed by atoms with van der Waals surface area (Å²) in [6.45, 7) is 5.10. The fourth-order valence-electron chi connectivity index (χ4n) is 0.977. The van der Waals surface area contributed by atoms with E-state index in [1.165, 1.54) is 0 Å². The summed E-state index contributed by atoms with van der Waals surface area (Å²) in [5.41, 5.74) is 0. The zero-order valence-corrected chi connectivity index (χ0v) is 6.91. The number of nitrogens with zero attached hydrogens (tertiary/aromatic N) is 1. The van der Waals surface area contributed by atoms with E-state index in [4.69, 9.17) is 10.0 Å². The van der Waals surface area contributed by atoms with Crippen LogP contribution in [0.15, 0.2) is 0 Å². The molecule has 0 aliphatic heterocycles. The average Bonchev–Trinajstić information content (AvgIpc) is 1.58. The summed E-state index contributed by atoms with van der Waals surface area (Å²) in [7, 11) is 0.670. The van der Waals surface area contributed by atoms with Crippen molar-refractivity contribution in [3.63, 3.8) is 0 Å². The molecule has 0 saturated carbocycles. The van der Waals surface area contributed by atoms with Crippen molar-refractivity contribution in [2.75, 3.05) is 20.0 Å². The Labute approximate surface area is 62.8 Å². The van der Waals surface area contributed by atoms with E-state index < -0.39 is 7.12 Å². The predicted molar refractivity (Wildman–Crippen MR) is 42.5 cm³/mol. The van der Waals surface area contributed by atoms with Crippen LogP contribution in [0.1, 0.15) is 13.8 Å². The van der Waals surface area contributed by atoms with Crippen molar-refractivity contribution in [2.24, 2.45) is 5.92 Å². The van der Waals surface area contributed by atoms with E-state index in [2.05, 4.69) is 13.8 Å². The molecule has 3 nitrogen and oxygen atoms in total. The van der Waals surface area contributed by atoms with Crippen molar-refractivity contribution >= 4 is 7.12 Å². The molecule has 0 saturated heterocycles. The smallest absolute Gasteiger partial charge is 0.426 e. The molecule has 0 heterocycles. The summed E-state index contributed by atoms with van der Waals surface area (Å²) in [6.07, 6.45) is 0.332. The average molecular weight is 145 g/mol. The molecule has 0 unspecified atom stereocenters. The third-order valence-electron chi connectivity index (χ3n) is 1.15. The van der Waals surface area contributed by atoms with Crippen LogP contribution < -0.4 is 0 Å². The molecule has 0 aromatic rings. The first-order valence-electron chi connectivity index (χ1n) is 3.57. The van der Waals surface area contributed by atoms with Crippen LogP contribution in [-0.2, 0) is 0 Å². The van der Waals surface area contributed by atoms with E-state index in [0.29, 0.717) is 12.4 Å². The molecular weight excluding hydrogens is 129 g/mol. The zero-order chi connectivity index (χ0) is 8.15. The van der Waals surface area contributed by atoms with Gasteiger partial charge in [-0.2, -0.15) is 0 Å². The minimum Gasteiger partial charge on any atom is -0.426 e. The monoisotopic (exact) mass is 145 g/mol. The minimum atomic E-state index is -1.20. The van der Waals surface area contributed by atoms with Gasteiger partial charge in [0.1, 0.15) is 0 Å². The largest absolute Gasteiger partial charge is 0.466 e. The van der Waals surface area contributed by atoms with Crippen molar-refractivity contribution in [3.05, 3.63) is 0 Å². The van der Waals surface area contributed by atoms with E-state index in [-0.39, 0.29) is 0 Å². The van der Waals surface area contributed by atoms with Crippen LogP contribution in [0.25, 0.3) is 0 Å². The van der Waals surface area contributed by atoms with E-state index in [1.807, 2.05) is 11.9 Å². The number of rotatable bonds is 4. The molecule has 0 fully saturated rings. The minimum absolute atomic E-state index is 0.332. The Morgan fingerprint density at radius 2 is 1.90 bits per heavy atom. The Bertz CT molecular complexity index is 77.8. The molecule has 60 valence electrons. The second kappa shape index (κ2) is 4.71. The molecule has 0 bridgehead atoms. The van der Waals surface area contributed by atoms with Gasteiger partial charge in [-0.3, -0.25) is 0 Å². The van der Waals surface area contributed by atoms with Gasteiger partial charge in [0, 0.05) is 6.44 Å². The summed E-state index contributed by atoms with van der Waals surface area (Å²) in [5.74, 6) is 0.573. The predicted octanol–water partition coefficient (Wildman–Crippen LogP) is -0.414. The molecule has 0 aromatic heterocycles. The molecule has 10 heavy (non-hydrogen) atoms. The topological polar surface area (TPSA) is 43.7 Å². The molecule has 0 aliphatic carbocycles. The van der Waals surface area contributed by atoms with Crippen molar-refractivity contribution in [1.82, 2.24) is 4.90 Å². The van der Waals surface area contributed by atoms with Crippen molar-refractivity contribution in [2.45, 2.75) is 13.8 Å². The normalized spacial score (nSPS) is 11.1. The van der Waals surface area contributed by atoms with Crippen LogP contribution in [0.3, 0.4) is 0 Å². The fourth-order valence-corrected chi connectivity index (χ4v) is 0.977. The highest BCUT2D eigenvalue weighted by Gasteiger charge is 2.10. The maximum Gasteiger partial charge on any atom is 0.466 e. The van der Waals surface area contributed by atoms with Crippen LogP contribution in [0, 0.1) is 5.92 Å². The number of hydrogen-bond donors (Lipinski definition) is 2. The summed E-state index contributed by atoms with van der Waals surface area (Å²) in [4.78, 5) is 1.90. The Balaban J connectivity index is 3.34. The lowest BCUT2D eigenvalue weighted by Crippen LogP contribution is -2.34. The molecule has 0 aliphatic rings. The first-order chi connectivity index (χ1) is 4.52. The molecule has 0 amide bonds. The molecule has 4 heteroatoms. The molecule has 2 N–H and O–H groups in total. The maximum absolute atomic E-state index is 8.55. The molecule has 0 spiro atoms. The van der Waals surface area contributed by atoms with Gasteiger partial charge < -0.3 is 14.9 Å². The van der Waals surface area contributed by atoms with E-state index in [0.717, 1.165) is 6.54 Å². The molecular formula is C6H16BNO2. The SMILES string of the molecule is CC(C)CN(C)CB(O)O. The highest BCUT2D eigenvalue weighted by molar-refractivity contribution is 6.41. The first-order valence-corrected chi connectivity index (χ1v) is 3.57. The zero-order valence-electron chi connectivity index (χ0n) is 6.91. The van der Waals surface area contributed by atoms with Crippen LogP contribution in [0.4, 0.5) is 0 Å². The Kier molecular flexibility index (Phi) is 4.69. The summed E-state index contributed by atoms with van der Waals surface area (Å²) in [5, 5.41) is 17.1. The summed E-state index contributed by atoms with van der Waals surface area (Å²) < 4.78 is 0. The van der Waals surface area contributed by atoms with Gasteiger partial charge in [0.15, 0.2) is 0 Å². The standard InChI is InChI=1S/C6H16BNO2/c1-6(2)4-8(3)5-7(9)10/h6,9-10H,4-5H2,1-3H3. The van der Waals surface area contributed by atoms with E-state index in [1.54, 1.807) is 0 Å². The highest BCUT2D eigenvalue weighted by Crippen LogP contribution is 1.94. The Morgan fingerprint density at radius 3 is 2.20 bits per heavy atom. The lowest BCUT2D eigenvalue weighted by Gasteiger charge is -2.17. The summed E-state index contributed by atoms with van der Waals surface area (Å²) >= 11 is 0. The quantitative estimate of drug-likeness (QED) is 0.528. The van der Waals surface area contributed by atoms with Crippen LogP contribution in [0.5, 0.6) is 0 Å². The second-order valence-corrected chi connectivity index (χ2v) is 3.10. The lowest BCUT2D eigenvalue weighted by atomic mass is 9.91. The third kappa shape index (κ3) is 6.07. The molecule has 0 rings (SSSR count). The van der Waals surface area contributed by atoms with Gasteiger partial charge >= 0.3 is 7.12 Å². The van der Waals surface area contributed by atoms with Crippen LogP contribution in [-0.4, -0.2) is 42.1 Å². The van der Waals surface area contributed by atoms with Gasteiger partial charge in [0.25, 0.3) is 0 Å². The third-order valence-corrected chi connectivity index (χ3v) is 1.15. The van der Waals surface area contributed by atoms with Gasteiger partial charge in [-0.05, 0) is 19.5 Å². The van der Waals surface area contributed by atoms with Gasteiger partial charge in [0.05, 0.1) is 0 Å². The fraction of sp³-hybridized carbons (Fsp3) is 1.00. The van der Waals surface area contributed by atoms with E-state index >= 15 is 0 Å². The summed E-state index contributed by atoms with van der Waals surface area (Å²) in [6, 6.07) is 0. The van der Waals surface area contributed by atoms with Crippen LogP contribution in [0.2, 0.25) is 0 Å². The van der Waals surface area contributed by atoms with E-state index in [9.17, 15) is 0 Å². The molecule has 0 atom stereocenters. The van der Waals surface area contributed by atoms with Crippen molar-refractivity contribution < 1.29 is 10.0 Å². The van der Waals surface area contributed by atoms with Gasteiger partial charge in [-0.1, -0.05) is 13.8 Å². The van der Waals surface area contributed by atoms with Crippen LogP contribution >= 0.6 is 0 Å².